The van der Waals surface area contributed by atoms with Crippen LogP contribution in [-0.4, -0.2) is 43.9 Å². The van der Waals surface area contributed by atoms with Gasteiger partial charge in [-0.15, -0.1) is 5.10 Å². The summed E-state index contributed by atoms with van der Waals surface area (Å²) in [5.74, 6) is -2.06. The number of aryl methyl sites for hydroxylation is 1. The molecule has 0 amide bonds. The van der Waals surface area contributed by atoms with Gasteiger partial charge in [0.15, 0.2) is 17.0 Å². The number of hydrogen-bond acceptors (Lipinski definition) is 10. The Morgan fingerprint density at radius 3 is 2.12 bits per heavy atom. The van der Waals surface area contributed by atoms with Gasteiger partial charge in [0, 0.05) is 18.4 Å². The standard InChI is InChI=1S/C37H39N3O8/c1-35(2,3)47-33(43)37(34(44)48-36(4,5)6,18-19-40-32(42)27-14-10-11-15-28(27)38-39-40)22-29(41)31-21-25-20-26(16-17-30(25)46-31)45-23-24-12-8-7-9-13-24/h7-17,20-21H,18-19,22-23H2,1-6H3. The second kappa shape index (κ2) is 13.4. The molecule has 0 radical (unpaired) electrons. The molecule has 2 aromatic heterocycles. The minimum atomic E-state index is -2.16. The van der Waals surface area contributed by atoms with Crippen molar-refractivity contribution in [1.82, 2.24) is 15.0 Å². The maximum absolute atomic E-state index is 14.1. The fourth-order valence-electron chi connectivity index (χ4n) is 5.09. The highest BCUT2D eigenvalue weighted by Gasteiger charge is 2.53. The first-order valence-electron chi connectivity index (χ1n) is 15.7. The van der Waals surface area contributed by atoms with E-state index in [9.17, 15) is 19.2 Å². The molecule has 0 bridgehead atoms. The predicted molar refractivity (Wildman–Crippen MR) is 178 cm³/mol. The van der Waals surface area contributed by atoms with E-state index in [0.717, 1.165) is 10.2 Å². The van der Waals surface area contributed by atoms with Crippen molar-refractivity contribution in [2.75, 3.05) is 0 Å². The summed E-state index contributed by atoms with van der Waals surface area (Å²) in [6.07, 6.45) is -0.989. The minimum absolute atomic E-state index is 0.0654. The van der Waals surface area contributed by atoms with Crippen LogP contribution < -0.4 is 10.3 Å². The van der Waals surface area contributed by atoms with Crippen LogP contribution in [0, 0.1) is 5.41 Å². The first-order chi connectivity index (χ1) is 22.6. The molecule has 0 aliphatic rings. The zero-order chi connectivity index (χ0) is 34.7. The summed E-state index contributed by atoms with van der Waals surface area (Å²) < 4.78 is 24.4. The molecule has 2 heterocycles. The minimum Gasteiger partial charge on any atom is -0.489 e. The number of carbonyl (C=O) groups excluding carboxylic acids is 3. The van der Waals surface area contributed by atoms with Gasteiger partial charge < -0.3 is 18.6 Å². The van der Waals surface area contributed by atoms with Crippen molar-refractivity contribution in [1.29, 1.82) is 0 Å². The lowest BCUT2D eigenvalue weighted by Gasteiger charge is -2.34. The number of nitrogens with zero attached hydrogens (tertiary/aromatic N) is 3. The van der Waals surface area contributed by atoms with Crippen molar-refractivity contribution >= 4 is 39.6 Å². The molecule has 11 heteroatoms. The van der Waals surface area contributed by atoms with Crippen molar-refractivity contribution in [3.63, 3.8) is 0 Å². The smallest absolute Gasteiger partial charge is 0.324 e. The number of rotatable bonds is 11. The molecule has 0 aliphatic carbocycles. The second-order valence-corrected chi connectivity index (χ2v) is 13.7. The molecule has 0 saturated heterocycles. The summed E-state index contributed by atoms with van der Waals surface area (Å²) >= 11 is 0. The maximum Gasteiger partial charge on any atom is 0.324 e. The molecule has 3 aromatic carbocycles. The monoisotopic (exact) mass is 653 g/mol. The Bertz CT molecular complexity index is 1990. The van der Waals surface area contributed by atoms with E-state index in [4.69, 9.17) is 18.6 Å². The highest BCUT2D eigenvalue weighted by Crippen LogP contribution is 2.37. The number of hydrogen-bond donors (Lipinski definition) is 0. The molecule has 0 saturated carbocycles. The summed E-state index contributed by atoms with van der Waals surface area (Å²) in [5, 5.41) is 9.05. The van der Waals surface area contributed by atoms with Crippen LogP contribution in [0.1, 0.15) is 70.5 Å². The predicted octanol–water partition coefficient (Wildman–Crippen LogP) is 6.45. The Morgan fingerprint density at radius 2 is 1.46 bits per heavy atom. The van der Waals surface area contributed by atoms with Crippen LogP contribution in [0.15, 0.2) is 88.1 Å². The summed E-state index contributed by atoms with van der Waals surface area (Å²) in [5.41, 5.74) is -2.82. The first-order valence-corrected chi connectivity index (χ1v) is 15.7. The Balaban J connectivity index is 1.49. The number of carbonyl (C=O) groups is 3. The summed E-state index contributed by atoms with van der Waals surface area (Å²) in [4.78, 5) is 55.4. The van der Waals surface area contributed by atoms with Crippen LogP contribution in [0.4, 0.5) is 0 Å². The second-order valence-electron chi connectivity index (χ2n) is 13.7. The molecule has 5 rings (SSSR count). The van der Waals surface area contributed by atoms with E-state index in [1.54, 1.807) is 90.1 Å². The third kappa shape index (κ3) is 7.96. The van der Waals surface area contributed by atoms with Gasteiger partial charge >= 0.3 is 11.9 Å². The fraction of sp³-hybridized carbons (Fsp3) is 0.351. The van der Waals surface area contributed by atoms with Crippen LogP contribution >= 0.6 is 0 Å². The van der Waals surface area contributed by atoms with Gasteiger partial charge in [-0.3, -0.25) is 19.2 Å². The zero-order valence-corrected chi connectivity index (χ0v) is 27.9. The number of fused-ring (bicyclic) bond motifs is 2. The van der Waals surface area contributed by atoms with Gasteiger partial charge in [-0.25, -0.2) is 4.68 Å². The van der Waals surface area contributed by atoms with Gasteiger partial charge in [-0.05, 0) is 89.9 Å². The van der Waals surface area contributed by atoms with E-state index in [1.807, 2.05) is 30.3 Å². The number of benzene rings is 3. The maximum atomic E-state index is 14.1. The van der Waals surface area contributed by atoms with Gasteiger partial charge in [0.1, 0.15) is 34.7 Å². The quantitative estimate of drug-likeness (QED) is 0.0887. The van der Waals surface area contributed by atoms with E-state index in [-0.39, 0.29) is 18.7 Å². The third-order valence-corrected chi connectivity index (χ3v) is 7.43. The van der Waals surface area contributed by atoms with E-state index in [0.29, 0.717) is 34.2 Å². The number of furan rings is 1. The van der Waals surface area contributed by atoms with Gasteiger partial charge in [0.25, 0.3) is 5.56 Å². The Hall–Kier alpha value is -5.32. The normalized spacial score (nSPS) is 12.2. The van der Waals surface area contributed by atoms with Crippen molar-refractivity contribution in [3.05, 3.63) is 101 Å². The molecular weight excluding hydrogens is 614 g/mol. The third-order valence-electron chi connectivity index (χ3n) is 7.43. The number of ketones is 1. The molecule has 0 unspecified atom stereocenters. The molecule has 0 N–H and O–H groups in total. The zero-order valence-electron chi connectivity index (χ0n) is 27.9. The van der Waals surface area contributed by atoms with Crippen molar-refractivity contribution in [2.24, 2.45) is 5.41 Å². The molecule has 250 valence electrons. The lowest BCUT2D eigenvalue weighted by Crippen LogP contribution is -2.49. The molecule has 0 spiro atoms. The molecule has 0 fully saturated rings. The molecule has 0 aliphatic heterocycles. The van der Waals surface area contributed by atoms with Crippen LogP contribution in [0.5, 0.6) is 5.75 Å². The van der Waals surface area contributed by atoms with Crippen LogP contribution in [-0.2, 0) is 32.2 Å². The number of esters is 2. The average molecular weight is 654 g/mol. The van der Waals surface area contributed by atoms with Crippen molar-refractivity contribution < 1.29 is 33.0 Å². The fourth-order valence-corrected chi connectivity index (χ4v) is 5.09. The van der Waals surface area contributed by atoms with E-state index in [1.165, 1.54) is 0 Å². The average Bonchev–Trinajstić information content (AvgIpc) is 3.45. The molecular formula is C37H39N3O8. The van der Waals surface area contributed by atoms with Crippen LogP contribution in [0.25, 0.3) is 21.9 Å². The number of aromatic nitrogens is 3. The van der Waals surface area contributed by atoms with Crippen LogP contribution in [0.3, 0.4) is 0 Å². The van der Waals surface area contributed by atoms with Gasteiger partial charge in [-0.1, -0.05) is 47.7 Å². The lowest BCUT2D eigenvalue weighted by molar-refractivity contribution is -0.186. The summed E-state index contributed by atoms with van der Waals surface area (Å²) in [7, 11) is 0. The molecule has 11 nitrogen and oxygen atoms in total. The summed E-state index contributed by atoms with van der Waals surface area (Å²) in [6, 6.07) is 23.1. The SMILES string of the molecule is CC(C)(C)OC(=O)C(CCn1nnc2ccccc2c1=O)(CC(=O)c1cc2cc(OCc3ccccc3)ccc2o1)C(=O)OC(C)(C)C. The van der Waals surface area contributed by atoms with E-state index >= 15 is 0 Å². The van der Waals surface area contributed by atoms with E-state index in [2.05, 4.69) is 10.3 Å². The highest BCUT2D eigenvalue weighted by atomic mass is 16.6. The largest absolute Gasteiger partial charge is 0.489 e. The Kier molecular flexibility index (Phi) is 9.52. The number of ether oxygens (including phenoxy) is 3. The first kappa shape index (κ1) is 34.0. The lowest BCUT2D eigenvalue weighted by atomic mass is 9.78. The summed E-state index contributed by atoms with van der Waals surface area (Å²) in [6.45, 7) is 10.1. The highest BCUT2D eigenvalue weighted by molar-refractivity contribution is 6.08. The van der Waals surface area contributed by atoms with Crippen molar-refractivity contribution in [3.8, 4) is 5.75 Å². The topological polar surface area (TPSA) is 140 Å². The number of Topliss-reactive ketones (excluding diaryl/α,β-unsaturated/α-hetero) is 1. The molecule has 48 heavy (non-hydrogen) atoms. The molecule has 5 aromatic rings. The Labute approximate surface area is 277 Å². The Morgan fingerprint density at radius 1 is 0.812 bits per heavy atom. The van der Waals surface area contributed by atoms with Gasteiger partial charge in [0.2, 0.25) is 0 Å². The van der Waals surface area contributed by atoms with E-state index < -0.39 is 46.3 Å². The van der Waals surface area contributed by atoms with Gasteiger partial charge in [-0.2, -0.15) is 0 Å². The van der Waals surface area contributed by atoms with Crippen LogP contribution in [0.2, 0.25) is 0 Å². The molecule has 0 atom stereocenters. The van der Waals surface area contributed by atoms with Crippen molar-refractivity contribution in [2.45, 2.75) is 78.7 Å². The van der Waals surface area contributed by atoms with Gasteiger partial charge in [0.05, 0.1) is 5.39 Å².